The zero-order chi connectivity index (χ0) is 44.7. The van der Waals surface area contributed by atoms with Crippen LogP contribution in [0.3, 0.4) is 0 Å². The number of anilines is 6. The van der Waals surface area contributed by atoms with Gasteiger partial charge in [-0.15, -0.1) is 0 Å². The van der Waals surface area contributed by atoms with Crippen LogP contribution in [0.4, 0.5) is 38.5 Å². The largest absolute Gasteiger partial charge is 0.310 e. The van der Waals surface area contributed by atoms with Crippen molar-refractivity contribution >= 4 is 66.4 Å². The summed E-state index contributed by atoms with van der Waals surface area (Å²) in [4.78, 5) is 3.96. The van der Waals surface area contributed by atoms with Gasteiger partial charge in [-0.25, -0.2) is 4.39 Å². The number of para-hydroxylation sites is 1. The van der Waals surface area contributed by atoms with Crippen LogP contribution in [0.25, 0.3) is 54.6 Å². The van der Waals surface area contributed by atoms with Crippen LogP contribution in [0.1, 0.15) is 31.8 Å². The first-order chi connectivity index (χ1) is 31.5. The highest BCUT2D eigenvalue weighted by molar-refractivity contribution is 6.09. The molecule has 0 aromatic heterocycles. The van der Waals surface area contributed by atoms with Gasteiger partial charge in [0.2, 0.25) is 0 Å². The molecule has 0 amide bonds. The van der Waals surface area contributed by atoms with Crippen LogP contribution in [0, 0.1) is 5.82 Å². The van der Waals surface area contributed by atoms with Crippen molar-refractivity contribution in [3.8, 4) is 22.3 Å². The number of fused-ring (bicyclic) bond motifs is 7. The molecule has 2 nitrogen and oxygen atoms in total. The van der Waals surface area contributed by atoms with Crippen LogP contribution in [-0.4, -0.2) is 0 Å². The summed E-state index contributed by atoms with van der Waals surface area (Å²) in [5.74, 6) is -0.286. The van der Waals surface area contributed by atoms with E-state index in [1.807, 2.05) is 78.9 Å². The van der Waals surface area contributed by atoms with Crippen LogP contribution in [0.15, 0.2) is 212 Å². The van der Waals surface area contributed by atoms with Crippen LogP contribution >= 0.6 is 0 Å². The van der Waals surface area contributed by atoms with Gasteiger partial charge in [0.1, 0.15) is 5.82 Å². The molecule has 0 unspecified atom stereocenters. The monoisotopic (exact) mass is 777 g/mol. The molecule has 0 atom stereocenters. The van der Waals surface area contributed by atoms with Crippen molar-refractivity contribution in [1.29, 1.82) is 0 Å². The molecule has 0 heterocycles. The maximum absolute atomic E-state index is 14.3. The molecule has 286 valence electrons. The van der Waals surface area contributed by atoms with E-state index in [1.165, 1.54) is 34.4 Å². The van der Waals surface area contributed by atoms with Crippen LogP contribution in [0.5, 0.6) is 0 Å². The molecule has 3 heteroatoms. The van der Waals surface area contributed by atoms with Crippen molar-refractivity contribution in [3.63, 3.8) is 0 Å². The van der Waals surface area contributed by atoms with E-state index < -0.39 is 11.5 Å². The second-order valence-corrected chi connectivity index (χ2v) is 16.0. The summed E-state index contributed by atoms with van der Waals surface area (Å²) in [6.07, 6.45) is 0. The normalized spacial score (nSPS) is 13.9. The van der Waals surface area contributed by atoms with E-state index in [-0.39, 0.29) is 35.7 Å². The summed E-state index contributed by atoms with van der Waals surface area (Å²) in [5.41, 5.74) is 10.7. The van der Waals surface area contributed by atoms with Gasteiger partial charge in [-0.3, -0.25) is 0 Å². The first kappa shape index (κ1) is 30.6. The summed E-state index contributed by atoms with van der Waals surface area (Å²) < 4.78 is 57.7. The molecule has 1 aliphatic carbocycles. The number of nitrogens with zero attached hydrogens (tertiary/aromatic N) is 2. The van der Waals surface area contributed by atoms with E-state index in [0.717, 1.165) is 60.5 Å². The standard InChI is InChI=1S/C57H41FN2/c1-57(2)54-36-49(60(46-30-24-43(58)25-31-46)48-29-21-39-13-7-9-15-42(39)35-48)32-33-52(54)56-51-19-11-10-18-50(51)53(37-55(56)57)40-22-26-45(27-23-40)59(44-16-4-3-5-17-44)47-28-20-38-12-6-8-14-41(38)34-47/h3-37H,1-2H3/i3D,4D,5D,16D,17D. The number of benzene rings is 10. The molecule has 1 aliphatic rings. The van der Waals surface area contributed by atoms with Gasteiger partial charge in [0, 0.05) is 39.5 Å². The van der Waals surface area contributed by atoms with Crippen molar-refractivity contribution in [2.45, 2.75) is 19.3 Å². The van der Waals surface area contributed by atoms with E-state index in [4.69, 9.17) is 6.85 Å². The first-order valence-corrected chi connectivity index (χ1v) is 20.2. The van der Waals surface area contributed by atoms with Crippen molar-refractivity contribution in [3.05, 3.63) is 229 Å². The number of halogens is 1. The van der Waals surface area contributed by atoms with Gasteiger partial charge in [-0.1, -0.05) is 135 Å². The van der Waals surface area contributed by atoms with Gasteiger partial charge >= 0.3 is 0 Å². The molecular weight excluding hydrogens is 732 g/mol. The minimum absolute atomic E-state index is 0.0829. The highest BCUT2D eigenvalue weighted by atomic mass is 19.1. The molecule has 0 bridgehead atoms. The average Bonchev–Trinajstić information content (AvgIpc) is 3.57. The summed E-state index contributed by atoms with van der Waals surface area (Å²) in [5, 5.41) is 6.52. The molecule has 0 N–H and O–H groups in total. The number of hydrogen-bond donors (Lipinski definition) is 0. The SMILES string of the molecule is [2H]c1c([2H])c([2H])c(N(c2ccc(-c3cc4c(c5ccccc35)-c3ccc(N(c5ccc(F)cc5)c5ccc6ccccc6c5)cc3C4(C)C)cc2)c2ccc3ccccc3c2)c([2H])c1[2H]. The maximum atomic E-state index is 14.3. The third-order valence-electron chi connectivity index (χ3n) is 12.1. The summed E-state index contributed by atoms with van der Waals surface area (Å²) in [6, 6.07) is 59.1. The molecule has 10 aromatic carbocycles. The van der Waals surface area contributed by atoms with Gasteiger partial charge in [-0.05, 0) is 157 Å². The smallest absolute Gasteiger partial charge is 0.123 e. The van der Waals surface area contributed by atoms with Crippen LogP contribution in [0.2, 0.25) is 0 Å². The van der Waals surface area contributed by atoms with Crippen LogP contribution in [-0.2, 0) is 5.41 Å². The quantitative estimate of drug-likeness (QED) is 0.159. The Balaban J connectivity index is 1.03. The third-order valence-corrected chi connectivity index (χ3v) is 12.1. The summed E-state index contributed by atoms with van der Waals surface area (Å²) in [6.45, 7) is 4.56. The number of rotatable bonds is 7. The lowest BCUT2D eigenvalue weighted by atomic mass is 9.80. The molecule has 0 aliphatic heterocycles. The van der Waals surface area contributed by atoms with Gasteiger partial charge in [0.25, 0.3) is 0 Å². The lowest BCUT2D eigenvalue weighted by Gasteiger charge is -2.28. The Kier molecular flexibility index (Phi) is 7.19. The van der Waals surface area contributed by atoms with E-state index in [2.05, 4.69) is 110 Å². The van der Waals surface area contributed by atoms with Gasteiger partial charge in [0.05, 0.1) is 6.85 Å². The maximum Gasteiger partial charge on any atom is 0.123 e. The zero-order valence-electron chi connectivity index (χ0n) is 38.1. The van der Waals surface area contributed by atoms with Crippen LogP contribution < -0.4 is 9.80 Å². The Hall–Kier alpha value is -7.49. The average molecular weight is 778 g/mol. The Morgan fingerprint density at radius 3 is 1.55 bits per heavy atom. The summed E-state index contributed by atoms with van der Waals surface area (Å²) in [7, 11) is 0. The third kappa shape index (κ3) is 5.93. The Morgan fingerprint density at radius 2 is 0.917 bits per heavy atom. The molecule has 0 radical (unpaired) electrons. The topological polar surface area (TPSA) is 6.48 Å². The lowest BCUT2D eigenvalue weighted by molar-refractivity contribution is 0.628. The Labute approximate surface area is 357 Å². The molecule has 0 saturated heterocycles. The molecule has 11 rings (SSSR count). The van der Waals surface area contributed by atoms with Crippen molar-refractivity contribution in [2.24, 2.45) is 0 Å². The van der Waals surface area contributed by atoms with Crippen molar-refractivity contribution in [1.82, 2.24) is 0 Å². The fourth-order valence-electron chi connectivity index (χ4n) is 9.17. The highest BCUT2D eigenvalue weighted by Crippen LogP contribution is 2.55. The predicted octanol–water partition coefficient (Wildman–Crippen LogP) is 16.2. The minimum atomic E-state index is -0.433. The summed E-state index contributed by atoms with van der Waals surface area (Å²) >= 11 is 0. The van der Waals surface area contributed by atoms with Crippen molar-refractivity contribution < 1.29 is 11.2 Å². The van der Waals surface area contributed by atoms with Gasteiger partial charge in [0.15, 0.2) is 0 Å². The number of hydrogen-bond acceptors (Lipinski definition) is 2. The van der Waals surface area contributed by atoms with Gasteiger partial charge < -0.3 is 9.80 Å². The highest BCUT2D eigenvalue weighted by Gasteiger charge is 2.38. The lowest BCUT2D eigenvalue weighted by Crippen LogP contribution is -2.17. The fourth-order valence-corrected chi connectivity index (χ4v) is 9.17. The second-order valence-electron chi connectivity index (χ2n) is 16.0. The zero-order valence-corrected chi connectivity index (χ0v) is 33.1. The molecular formula is C57H41FN2. The van der Waals surface area contributed by atoms with Gasteiger partial charge in [-0.2, -0.15) is 0 Å². The fraction of sp³-hybridized carbons (Fsp3) is 0.0526. The predicted molar refractivity (Wildman–Crippen MR) is 251 cm³/mol. The Bertz CT molecular complexity index is 3520. The van der Waals surface area contributed by atoms with E-state index in [1.54, 1.807) is 4.90 Å². The molecule has 10 aromatic rings. The first-order valence-electron chi connectivity index (χ1n) is 22.7. The molecule has 0 fully saturated rings. The van der Waals surface area contributed by atoms with E-state index in [0.29, 0.717) is 11.4 Å². The van der Waals surface area contributed by atoms with Crippen molar-refractivity contribution in [2.75, 3.05) is 9.80 Å². The van der Waals surface area contributed by atoms with E-state index in [9.17, 15) is 4.39 Å². The molecule has 0 spiro atoms. The Morgan fingerprint density at radius 1 is 0.417 bits per heavy atom. The molecule has 0 saturated carbocycles. The second kappa shape index (κ2) is 14.1. The molecule has 60 heavy (non-hydrogen) atoms. The minimum Gasteiger partial charge on any atom is -0.310 e. The van der Waals surface area contributed by atoms with E-state index >= 15 is 0 Å².